The third-order valence-electron chi connectivity index (χ3n) is 3.45. The van der Waals surface area contributed by atoms with Crippen molar-refractivity contribution in [2.45, 2.75) is 0 Å². The van der Waals surface area contributed by atoms with Gasteiger partial charge in [0.15, 0.2) is 0 Å². The van der Waals surface area contributed by atoms with Crippen LogP contribution >= 0.6 is 11.6 Å². The van der Waals surface area contributed by atoms with Crippen molar-refractivity contribution < 1.29 is 5.11 Å². The molecule has 1 fully saturated rings. The van der Waals surface area contributed by atoms with Gasteiger partial charge in [-0.15, -0.1) is 0 Å². The highest BCUT2D eigenvalue weighted by atomic mass is 35.5. The first-order chi connectivity index (χ1) is 10.2. The van der Waals surface area contributed by atoms with Crippen molar-refractivity contribution in [1.29, 1.82) is 0 Å². The number of hydrogen-bond donors (Lipinski definition) is 3. The van der Waals surface area contributed by atoms with Gasteiger partial charge >= 0.3 is 0 Å². The summed E-state index contributed by atoms with van der Waals surface area (Å²) in [7, 11) is 0. The zero-order valence-corrected chi connectivity index (χ0v) is 12.3. The number of hydrogen-bond acceptors (Lipinski definition) is 5. The molecule has 0 aliphatic carbocycles. The van der Waals surface area contributed by atoms with Crippen LogP contribution < -0.4 is 15.5 Å². The van der Waals surface area contributed by atoms with Gasteiger partial charge in [-0.3, -0.25) is 0 Å². The van der Waals surface area contributed by atoms with E-state index < -0.39 is 0 Å². The van der Waals surface area contributed by atoms with Crippen molar-refractivity contribution in [2.24, 2.45) is 0 Å². The number of phenols is 1. The Morgan fingerprint density at radius 2 is 2.00 bits per heavy atom. The van der Waals surface area contributed by atoms with Crippen LogP contribution in [-0.2, 0) is 0 Å². The average molecular weight is 305 g/mol. The molecule has 1 aromatic carbocycles. The minimum absolute atomic E-state index is 0.0547. The van der Waals surface area contributed by atoms with Gasteiger partial charge in [0.05, 0.1) is 16.9 Å². The van der Waals surface area contributed by atoms with Gasteiger partial charge in [0.25, 0.3) is 0 Å². The first-order valence-electron chi connectivity index (χ1n) is 6.89. The number of benzene rings is 1. The Labute approximate surface area is 128 Å². The lowest BCUT2D eigenvalue weighted by Gasteiger charge is -2.29. The van der Waals surface area contributed by atoms with Crippen LogP contribution in [0, 0.1) is 0 Å². The monoisotopic (exact) mass is 304 g/mol. The maximum atomic E-state index is 9.59. The fraction of sp³-hybridized carbons (Fsp3) is 0.267. The number of anilines is 3. The van der Waals surface area contributed by atoms with Gasteiger partial charge in [-0.2, -0.15) is 0 Å². The summed E-state index contributed by atoms with van der Waals surface area (Å²) in [6.45, 7) is 4.01. The molecule has 0 spiro atoms. The zero-order chi connectivity index (χ0) is 14.7. The van der Waals surface area contributed by atoms with Crippen molar-refractivity contribution >= 4 is 28.8 Å². The summed E-state index contributed by atoms with van der Waals surface area (Å²) in [6, 6.07) is 9.01. The van der Waals surface area contributed by atoms with Crippen molar-refractivity contribution in [1.82, 2.24) is 10.3 Å². The molecular formula is C15H17ClN4O. The Bertz CT molecular complexity index is 612. The molecule has 0 amide bonds. The fourth-order valence-electron chi connectivity index (χ4n) is 2.31. The van der Waals surface area contributed by atoms with Gasteiger partial charge in [-0.1, -0.05) is 11.6 Å². The van der Waals surface area contributed by atoms with Crippen LogP contribution in [0.1, 0.15) is 0 Å². The van der Waals surface area contributed by atoms with Crippen molar-refractivity contribution in [3.8, 4) is 5.75 Å². The van der Waals surface area contributed by atoms with Gasteiger partial charge in [0.2, 0.25) is 0 Å². The maximum absolute atomic E-state index is 9.59. The lowest BCUT2D eigenvalue weighted by molar-refractivity contribution is 0.476. The molecule has 1 aliphatic rings. The number of phenolic OH excluding ortho intramolecular Hbond substituents is 1. The van der Waals surface area contributed by atoms with Gasteiger partial charge in [0.1, 0.15) is 11.6 Å². The molecule has 0 bridgehead atoms. The van der Waals surface area contributed by atoms with Gasteiger partial charge in [-0.25, -0.2) is 4.98 Å². The number of rotatable bonds is 3. The van der Waals surface area contributed by atoms with E-state index >= 15 is 0 Å². The second kappa shape index (κ2) is 6.20. The van der Waals surface area contributed by atoms with E-state index in [1.807, 2.05) is 12.3 Å². The summed E-state index contributed by atoms with van der Waals surface area (Å²) < 4.78 is 0. The molecule has 3 rings (SSSR count). The number of nitrogens with one attached hydrogen (secondary N) is 2. The minimum atomic E-state index is 0.0547. The fourth-order valence-corrected chi connectivity index (χ4v) is 2.43. The molecule has 1 saturated heterocycles. The molecular weight excluding hydrogens is 288 g/mol. The number of aromatic nitrogens is 1. The molecule has 1 aromatic heterocycles. The Kier molecular flexibility index (Phi) is 4.13. The molecule has 0 saturated carbocycles. The average Bonchev–Trinajstić information content (AvgIpc) is 2.53. The molecule has 5 nitrogen and oxygen atoms in total. The van der Waals surface area contributed by atoms with E-state index in [0.29, 0.717) is 5.02 Å². The van der Waals surface area contributed by atoms with Crippen LogP contribution in [0.3, 0.4) is 0 Å². The van der Waals surface area contributed by atoms with Crippen LogP contribution in [0.15, 0.2) is 36.5 Å². The Balaban J connectivity index is 1.70. The van der Waals surface area contributed by atoms with Gasteiger partial charge in [0, 0.05) is 37.9 Å². The number of piperazine rings is 1. The van der Waals surface area contributed by atoms with E-state index in [-0.39, 0.29) is 5.75 Å². The minimum Gasteiger partial charge on any atom is -0.506 e. The maximum Gasteiger partial charge on any atom is 0.136 e. The van der Waals surface area contributed by atoms with E-state index in [1.54, 1.807) is 18.2 Å². The van der Waals surface area contributed by atoms with E-state index in [0.717, 1.165) is 43.4 Å². The van der Waals surface area contributed by atoms with Crippen molar-refractivity contribution in [3.05, 3.63) is 41.6 Å². The topological polar surface area (TPSA) is 60.4 Å². The zero-order valence-electron chi connectivity index (χ0n) is 11.5. The number of halogens is 1. The first kappa shape index (κ1) is 14.0. The molecule has 21 heavy (non-hydrogen) atoms. The Morgan fingerprint density at radius 1 is 1.19 bits per heavy atom. The normalized spacial score (nSPS) is 15.0. The molecule has 0 unspecified atom stereocenters. The van der Waals surface area contributed by atoms with Crippen molar-refractivity contribution in [2.75, 3.05) is 36.4 Å². The summed E-state index contributed by atoms with van der Waals surface area (Å²) in [4.78, 5) is 6.72. The van der Waals surface area contributed by atoms with E-state index in [2.05, 4.69) is 26.6 Å². The highest BCUT2D eigenvalue weighted by molar-refractivity contribution is 6.32. The smallest absolute Gasteiger partial charge is 0.136 e. The predicted molar refractivity (Wildman–Crippen MR) is 85.7 cm³/mol. The summed E-state index contributed by atoms with van der Waals surface area (Å²) in [6.07, 6.45) is 1.86. The van der Waals surface area contributed by atoms with Crippen LogP contribution in [0.4, 0.5) is 17.2 Å². The number of aromatic hydroxyl groups is 1. The molecule has 110 valence electrons. The lowest BCUT2D eigenvalue weighted by Crippen LogP contribution is -2.43. The predicted octanol–water partition coefficient (Wildman–Crippen LogP) is 2.59. The van der Waals surface area contributed by atoms with Crippen LogP contribution in [-0.4, -0.2) is 36.3 Å². The number of nitrogens with zero attached hydrogens (tertiary/aromatic N) is 2. The molecule has 1 aliphatic heterocycles. The number of pyridine rings is 1. The van der Waals surface area contributed by atoms with Crippen LogP contribution in [0.2, 0.25) is 5.02 Å². The third-order valence-corrected chi connectivity index (χ3v) is 3.77. The van der Waals surface area contributed by atoms with E-state index in [4.69, 9.17) is 11.6 Å². The molecule has 2 aromatic rings. The molecule has 0 radical (unpaired) electrons. The van der Waals surface area contributed by atoms with Crippen LogP contribution in [0.5, 0.6) is 5.75 Å². The van der Waals surface area contributed by atoms with E-state index in [9.17, 15) is 5.11 Å². The third kappa shape index (κ3) is 3.37. The van der Waals surface area contributed by atoms with E-state index in [1.165, 1.54) is 0 Å². The Morgan fingerprint density at radius 3 is 2.67 bits per heavy atom. The summed E-state index contributed by atoms with van der Waals surface area (Å²) in [5.41, 5.74) is 1.88. The summed E-state index contributed by atoms with van der Waals surface area (Å²) in [5.74, 6) is 0.787. The second-order valence-corrected chi connectivity index (χ2v) is 5.34. The van der Waals surface area contributed by atoms with Crippen molar-refractivity contribution in [3.63, 3.8) is 0 Å². The molecule has 3 N–H and O–H groups in total. The first-order valence-corrected chi connectivity index (χ1v) is 7.27. The highest BCUT2D eigenvalue weighted by Gasteiger charge is 2.10. The quantitative estimate of drug-likeness (QED) is 0.813. The molecule has 2 heterocycles. The summed E-state index contributed by atoms with van der Waals surface area (Å²) >= 11 is 5.79. The largest absolute Gasteiger partial charge is 0.506 e. The standard InChI is InChI=1S/C15H17ClN4O/c16-13-3-1-11(9-14(13)21)19-15-4-2-12(10-18-15)20-7-5-17-6-8-20/h1-4,9-10,17,21H,5-8H2,(H,18,19). The Hall–Kier alpha value is -1.98. The SMILES string of the molecule is Oc1cc(Nc2ccc(N3CCNCC3)cn2)ccc1Cl. The highest BCUT2D eigenvalue weighted by Crippen LogP contribution is 2.27. The summed E-state index contributed by atoms with van der Waals surface area (Å²) in [5, 5.41) is 16.4. The molecule has 6 heteroatoms. The van der Waals surface area contributed by atoms with Crippen LogP contribution in [0.25, 0.3) is 0 Å². The van der Waals surface area contributed by atoms with Gasteiger partial charge < -0.3 is 20.6 Å². The lowest BCUT2D eigenvalue weighted by atomic mass is 10.3. The van der Waals surface area contributed by atoms with Gasteiger partial charge in [-0.05, 0) is 24.3 Å². The second-order valence-electron chi connectivity index (χ2n) is 4.93. The molecule has 0 atom stereocenters.